The number of rotatable bonds is 6. The molecule has 2 amide bonds. The molecule has 0 spiro atoms. The zero-order valence-electron chi connectivity index (χ0n) is 17.4. The van der Waals surface area contributed by atoms with E-state index in [-0.39, 0.29) is 11.3 Å². The second-order valence-electron chi connectivity index (χ2n) is 7.64. The van der Waals surface area contributed by atoms with E-state index in [9.17, 15) is 22.8 Å². The largest absolute Gasteiger partial charge is 0.468 e. The summed E-state index contributed by atoms with van der Waals surface area (Å²) < 4.78 is 31.9. The Kier molecular flexibility index (Phi) is 7.26. The molecule has 0 aliphatic carbocycles. The summed E-state index contributed by atoms with van der Waals surface area (Å²) in [4.78, 5) is 42.3. The first-order chi connectivity index (χ1) is 14.7. The second-order valence-corrected chi connectivity index (χ2v) is 10.7. The minimum atomic E-state index is -3.97. The number of nitrogens with zero attached hydrogens (tertiary/aromatic N) is 3. The lowest BCUT2D eigenvalue weighted by molar-refractivity contribution is -0.141. The smallest absolute Gasteiger partial charge is 0.325 e. The average Bonchev–Trinajstić information content (AvgIpc) is 3.03. The van der Waals surface area contributed by atoms with Gasteiger partial charge in [0.15, 0.2) is 14.6 Å². The molecule has 3 rings (SSSR count). The number of carbonyl (C=O) groups excluding carboxylic acids is 3. The van der Waals surface area contributed by atoms with E-state index >= 15 is 0 Å². The van der Waals surface area contributed by atoms with E-state index < -0.39 is 39.1 Å². The number of fused-ring (bicyclic) bond motifs is 1. The van der Waals surface area contributed by atoms with Gasteiger partial charge < -0.3 is 14.2 Å². The first kappa shape index (κ1) is 23.1. The molecule has 1 aliphatic rings. The fraction of sp³-hybridized carbons (Fsp3) is 0.500. The van der Waals surface area contributed by atoms with E-state index in [4.69, 9.17) is 4.74 Å². The summed E-state index contributed by atoms with van der Waals surface area (Å²) in [7, 11) is -2.71. The SMILES string of the molecule is COC(=O)Cn1c(=NC(=O)CS(=O)(=O)CC(=O)N2CCCC(C)C2)sc2ccccc21. The van der Waals surface area contributed by atoms with Crippen molar-refractivity contribution < 1.29 is 27.5 Å². The Morgan fingerprint density at radius 1 is 1.23 bits per heavy atom. The summed E-state index contributed by atoms with van der Waals surface area (Å²) in [6.07, 6.45) is 1.85. The first-order valence-corrected chi connectivity index (χ1v) is 12.5. The number of ether oxygens (including phenoxy) is 1. The fourth-order valence-electron chi connectivity index (χ4n) is 3.53. The van der Waals surface area contributed by atoms with E-state index in [1.165, 1.54) is 23.0 Å². The first-order valence-electron chi connectivity index (χ1n) is 9.89. The molecule has 1 aliphatic heterocycles. The number of sulfone groups is 1. The van der Waals surface area contributed by atoms with Gasteiger partial charge in [-0.3, -0.25) is 14.4 Å². The molecule has 168 valence electrons. The van der Waals surface area contributed by atoms with Gasteiger partial charge in [0, 0.05) is 13.1 Å². The van der Waals surface area contributed by atoms with Crippen molar-refractivity contribution in [3.8, 4) is 0 Å². The van der Waals surface area contributed by atoms with Gasteiger partial charge in [0.25, 0.3) is 5.91 Å². The molecular weight excluding hydrogens is 442 g/mol. The monoisotopic (exact) mass is 467 g/mol. The van der Waals surface area contributed by atoms with Gasteiger partial charge >= 0.3 is 5.97 Å². The zero-order chi connectivity index (χ0) is 22.6. The summed E-state index contributed by atoms with van der Waals surface area (Å²) in [5, 5.41) is 0. The number of aromatic nitrogens is 1. The number of carbonyl (C=O) groups is 3. The Hall–Kier alpha value is -2.53. The molecule has 0 saturated carbocycles. The number of hydrogen-bond acceptors (Lipinski definition) is 7. The van der Waals surface area contributed by atoms with Crippen molar-refractivity contribution in [3.63, 3.8) is 0 Å². The standard InChI is InChI=1S/C20H25N3O6S2/c1-14-6-5-9-22(10-14)18(25)13-31(27,28)12-17(24)21-20-23(11-19(26)29-2)15-7-3-4-8-16(15)30-20/h3-4,7-8,14H,5-6,9-13H2,1-2H3. The topological polar surface area (TPSA) is 115 Å². The zero-order valence-corrected chi connectivity index (χ0v) is 19.1. The van der Waals surface area contributed by atoms with E-state index in [0.717, 1.165) is 17.5 Å². The lowest BCUT2D eigenvalue weighted by Crippen LogP contribution is -2.42. The minimum absolute atomic E-state index is 0.162. The number of piperidine rings is 1. The third-order valence-electron chi connectivity index (χ3n) is 5.02. The number of thiazole rings is 1. The Balaban J connectivity index is 1.78. The Morgan fingerprint density at radius 2 is 1.97 bits per heavy atom. The van der Waals surface area contributed by atoms with Gasteiger partial charge in [-0.05, 0) is 30.9 Å². The Morgan fingerprint density at radius 3 is 2.68 bits per heavy atom. The van der Waals surface area contributed by atoms with Crippen LogP contribution in [0.4, 0.5) is 0 Å². The molecule has 1 fully saturated rings. The number of para-hydroxylation sites is 1. The highest BCUT2D eigenvalue weighted by molar-refractivity contribution is 7.92. The number of benzene rings is 1. The third-order valence-corrected chi connectivity index (χ3v) is 7.45. The molecule has 0 N–H and O–H groups in total. The summed E-state index contributed by atoms with van der Waals surface area (Å²) >= 11 is 1.17. The van der Waals surface area contributed by atoms with Gasteiger partial charge in [-0.1, -0.05) is 30.4 Å². The summed E-state index contributed by atoms with van der Waals surface area (Å²) in [5.41, 5.74) is 0.682. The van der Waals surface area contributed by atoms with E-state index in [1.54, 1.807) is 17.0 Å². The summed E-state index contributed by atoms with van der Waals surface area (Å²) in [6, 6.07) is 7.18. The van der Waals surface area contributed by atoms with Gasteiger partial charge in [-0.15, -0.1) is 0 Å². The molecule has 2 aromatic rings. The predicted octanol–water partition coefficient (Wildman–Crippen LogP) is 0.976. The van der Waals surface area contributed by atoms with Gasteiger partial charge in [0.2, 0.25) is 5.91 Å². The van der Waals surface area contributed by atoms with Gasteiger partial charge in [0.1, 0.15) is 18.1 Å². The van der Waals surface area contributed by atoms with Gasteiger partial charge in [-0.25, -0.2) is 8.42 Å². The number of amides is 2. The molecular formula is C20H25N3O6S2. The molecule has 31 heavy (non-hydrogen) atoms. The van der Waals surface area contributed by atoms with E-state index in [0.29, 0.717) is 24.5 Å². The summed E-state index contributed by atoms with van der Waals surface area (Å²) in [6.45, 7) is 2.92. The molecule has 9 nitrogen and oxygen atoms in total. The molecule has 11 heteroatoms. The van der Waals surface area contributed by atoms with Crippen molar-refractivity contribution in [1.29, 1.82) is 0 Å². The van der Waals surface area contributed by atoms with Crippen LogP contribution in [0.15, 0.2) is 29.3 Å². The highest BCUT2D eigenvalue weighted by Gasteiger charge is 2.27. The van der Waals surface area contributed by atoms with Crippen LogP contribution in [0.1, 0.15) is 19.8 Å². The maximum absolute atomic E-state index is 12.4. The molecule has 0 bridgehead atoms. The molecule has 0 radical (unpaired) electrons. The second kappa shape index (κ2) is 9.73. The van der Waals surface area contributed by atoms with Crippen LogP contribution in [-0.4, -0.2) is 67.4 Å². The number of methoxy groups -OCH3 is 1. The molecule has 1 atom stereocenters. The van der Waals surface area contributed by atoms with Crippen molar-refractivity contribution in [2.45, 2.75) is 26.3 Å². The van der Waals surface area contributed by atoms with Gasteiger partial charge in [0.05, 0.1) is 17.3 Å². The van der Waals surface area contributed by atoms with Crippen LogP contribution in [0.3, 0.4) is 0 Å². The van der Waals surface area contributed by atoms with Crippen molar-refractivity contribution in [3.05, 3.63) is 29.1 Å². The van der Waals surface area contributed by atoms with Crippen LogP contribution in [0.25, 0.3) is 10.2 Å². The van der Waals surface area contributed by atoms with E-state index in [2.05, 4.69) is 4.99 Å². The quantitative estimate of drug-likeness (QED) is 0.585. The number of likely N-dealkylation sites (tertiary alicyclic amines) is 1. The average molecular weight is 468 g/mol. The van der Waals surface area contributed by atoms with Crippen LogP contribution in [0, 0.1) is 5.92 Å². The highest BCUT2D eigenvalue weighted by Crippen LogP contribution is 2.17. The molecule has 1 aromatic heterocycles. The lowest BCUT2D eigenvalue weighted by atomic mass is 10.0. The van der Waals surface area contributed by atoms with Crippen molar-refractivity contribution >= 4 is 49.2 Å². The van der Waals surface area contributed by atoms with Gasteiger partial charge in [-0.2, -0.15) is 4.99 Å². The molecule has 2 heterocycles. The van der Waals surface area contributed by atoms with Crippen LogP contribution in [0.2, 0.25) is 0 Å². The van der Waals surface area contributed by atoms with Crippen LogP contribution < -0.4 is 4.80 Å². The molecule has 1 saturated heterocycles. The number of hydrogen-bond donors (Lipinski definition) is 0. The summed E-state index contributed by atoms with van der Waals surface area (Å²) in [5.74, 6) is -3.14. The van der Waals surface area contributed by atoms with E-state index in [1.807, 2.05) is 19.1 Å². The maximum Gasteiger partial charge on any atom is 0.325 e. The Bertz CT molecular complexity index is 1170. The highest BCUT2D eigenvalue weighted by atomic mass is 32.2. The molecule has 1 unspecified atom stereocenters. The maximum atomic E-state index is 12.4. The third kappa shape index (κ3) is 6.01. The Labute approximate surface area is 184 Å². The van der Waals surface area contributed by atoms with Crippen LogP contribution in [-0.2, 0) is 35.5 Å². The number of esters is 1. The van der Waals surface area contributed by atoms with Crippen LogP contribution >= 0.6 is 11.3 Å². The van der Waals surface area contributed by atoms with Crippen molar-refractivity contribution in [1.82, 2.24) is 9.47 Å². The van der Waals surface area contributed by atoms with Crippen LogP contribution in [0.5, 0.6) is 0 Å². The lowest BCUT2D eigenvalue weighted by Gasteiger charge is -2.30. The molecule has 1 aromatic carbocycles. The normalized spacial score (nSPS) is 17.7. The van der Waals surface area contributed by atoms with Crippen molar-refractivity contribution in [2.75, 3.05) is 31.7 Å². The predicted molar refractivity (Wildman–Crippen MR) is 116 cm³/mol. The van der Waals surface area contributed by atoms with Crippen molar-refractivity contribution in [2.24, 2.45) is 10.9 Å². The fourth-order valence-corrected chi connectivity index (χ4v) is 5.67. The minimum Gasteiger partial charge on any atom is -0.468 e.